The Kier molecular flexibility index (Phi) is 6.26. The summed E-state index contributed by atoms with van der Waals surface area (Å²) in [5.41, 5.74) is 7.77. The Hall–Kier alpha value is -2.99. The number of aryl methyl sites for hydroxylation is 1. The van der Waals surface area contributed by atoms with Crippen molar-refractivity contribution in [2.24, 2.45) is 0 Å². The molecular weight excluding hydrogens is 530 g/mol. The van der Waals surface area contributed by atoms with Crippen molar-refractivity contribution >= 4 is 55.1 Å². The molecule has 3 nitrogen and oxygen atoms in total. The molecule has 0 fully saturated rings. The van der Waals surface area contributed by atoms with Crippen molar-refractivity contribution in [3.8, 4) is 32.8 Å². The zero-order valence-electron chi connectivity index (χ0n) is 18.2. The van der Waals surface area contributed by atoms with Gasteiger partial charge in [0, 0.05) is 20.6 Å². The molecule has 168 valence electrons. The molecule has 0 aliphatic carbocycles. The molecule has 0 aliphatic heterocycles. The molecule has 0 saturated carbocycles. The van der Waals surface area contributed by atoms with E-state index in [1.165, 1.54) is 0 Å². The summed E-state index contributed by atoms with van der Waals surface area (Å²) in [5.74, 6) is -0.856. The molecule has 0 atom stereocenters. The van der Waals surface area contributed by atoms with Gasteiger partial charge < -0.3 is 5.11 Å². The predicted molar refractivity (Wildman–Crippen MR) is 145 cm³/mol. The lowest BCUT2D eigenvalue weighted by atomic mass is 9.93. The van der Waals surface area contributed by atoms with Crippen molar-refractivity contribution in [3.63, 3.8) is 0 Å². The van der Waals surface area contributed by atoms with Gasteiger partial charge in [0.15, 0.2) is 0 Å². The first-order valence-electron chi connectivity index (χ1n) is 10.7. The van der Waals surface area contributed by atoms with E-state index in [-0.39, 0.29) is 6.42 Å². The number of thiazole rings is 1. The Bertz CT molecular complexity index is 1510. The fourth-order valence-corrected chi connectivity index (χ4v) is 5.64. The molecule has 1 heterocycles. The maximum atomic E-state index is 11.7. The molecule has 5 rings (SSSR count). The molecule has 34 heavy (non-hydrogen) atoms. The molecule has 1 aromatic heterocycles. The summed E-state index contributed by atoms with van der Waals surface area (Å²) >= 11 is 11.2. The molecule has 1 N–H and O–H groups in total. The van der Waals surface area contributed by atoms with Crippen LogP contribution in [0.15, 0.2) is 83.3 Å². The van der Waals surface area contributed by atoms with E-state index < -0.39 is 5.97 Å². The van der Waals surface area contributed by atoms with Gasteiger partial charge in [-0.3, -0.25) is 4.79 Å². The van der Waals surface area contributed by atoms with E-state index in [2.05, 4.69) is 52.3 Å². The lowest BCUT2D eigenvalue weighted by Gasteiger charge is -2.13. The Balaban J connectivity index is 1.62. The number of nitrogens with zero attached hydrogens (tertiary/aromatic N) is 1. The van der Waals surface area contributed by atoms with Crippen LogP contribution in [0.25, 0.3) is 43.0 Å². The molecule has 4 aromatic carbocycles. The SMILES string of the molecule is Cc1cc2nc(-c3ccc(-c4ccc(Br)cc4)cc3)sc2c(-c2ccc(Cl)cc2)c1CC(=O)O. The second-order valence-corrected chi connectivity index (χ2v) is 10.4. The second kappa shape index (κ2) is 9.34. The molecule has 0 bridgehead atoms. The molecule has 6 heteroatoms. The van der Waals surface area contributed by atoms with Gasteiger partial charge in [-0.15, -0.1) is 11.3 Å². The first-order chi connectivity index (χ1) is 16.4. The van der Waals surface area contributed by atoms with Gasteiger partial charge in [0.25, 0.3) is 0 Å². The van der Waals surface area contributed by atoms with Crippen LogP contribution in [-0.4, -0.2) is 16.1 Å². The third kappa shape index (κ3) is 4.51. The lowest BCUT2D eigenvalue weighted by Crippen LogP contribution is -2.04. The predicted octanol–water partition coefficient (Wildman–Crippen LogP) is 8.65. The highest BCUT2D eigenvalue weighted by Gasteiger charge is 2.19. The summed E-state index contributed by atoms with van der Waals surface area (Å²) in [7, 11) is 0. The van der Waals surface area contributed by atoms with Crippen LogP contribution >= 0.6 is 38.9 Å². The van der Waals surface area contributed by atoms with Crippen molar-refractivity contribution in [2.45, 2.75) is 13.3 Å². The van der Waals surface area contributed by atoms with Gasteiger partial charge in [-0.2, -0.15) is 0 Å². The number of carbonyl (C=O) groups is 1. The van der Waals surface area contributed by atoms with Crippen molar-refractivity contribution in [3.05, 3.63) is 99.5 Å². The van der Waals surface area contributed by atoms with Crippen molar-refractivity contribution < 1.29 is 9.90 Å². The second-order valence-electron chi connectivity index (χ2n) is 8.08. The average molecular weight is 549 g/mol. The van der Waals surface area contributed by atoms with E-state index in [0.717, 1.165) is 58.6 Å². The van der Waals surface area contributed by atoms with Crippen LogP contribution in [0.4, 0.5) is 0 Å². The third-order valence-electron chi connectivity index (χ3n) is 5.78. The van der Waals surface area contributed by atoms with E-state index >= 15 is 0 Å². The number of benzene rings is 4. The first kappa shape index (κ1) is 22.8. The Morgan fingerprint density at radius 3 is 2.09 bits per heavy atom. The number of carboxylic acid groups (broad SMARTS) is 1. The van der Waals surface area contributed by atoms with Crippen LogP contribution in [0.5, 0.6) is 0 Å². The number of hydrogen-bond acceptors (Lipinski definition) is 3. The minimum Gasteiger partial charge on any atom is -0.481 e. The van der Waals surface area contributed by atoms with Crippen LogP contribution in [0, 0.1) is 6.92 Å². The summed E-state index contributed by atoms with van der Waals surface area (Å²) in [6.07, 6.45) is -0.0468. The van der Waals surface area contributed by atoms with Crippen LogP contribution in [0.2, 0.25) is 5.02 Å². The molecule has 5 aromatic rings. The highest BCUT2D eigenvalue weighted by Crippen LogP contribution is 2.41. The maximum absolute atomic E-state index is 11.7. The van der Waals surface area contributed by atoms with Gasteiger partial charge in [0.2, 0.25) is 0 Å². The van der Waals surface area contributed by atoms with Gasteiger partial charge in [0.05, 0.1) is 16.6 Å². The minimum absolute atomic E-state index is 0.0468. The van der Waals surface area contributed by atoms with Gasteiger partial charge in [-0.25, -0.2) is 4.98 Å². The molecule has 0 aliphatic rings. The van der Waals surface area contributed by atoms with Crippen molar-refractivity contribution in [1.82, 2.24) is 4.98 Å². The topological polar surface area (TPSA) is 50.2 Å². The summed E-state index contributed by atoms with van der Waals surface area (Å²) in [6.45, 7) is 1.95. The fraction of sp³-hybridized carbons (Fsp3) is 0.0714. The first-order valence-corrected chi connectivity index (χ1v) is 12.6. The Morgan fingerprint density at radius 1 is 0.912 bits per heavy atom. The molecular formula is C28H19BrClNO2S. The summed E-state index contributed by atoms with van der Waals surface area (Å²) in [6, 6.07) is 26.1. The van der Waals surface area contributed by atoms with E-state index in [0.29, 0.717) is 5.02 Å². The maximum Gasteiger partial charge on any atom is 0.307 e. The molecule has 0 unspecified atom stereocenters. The smallest absolute Gasteiger partial charge is 0.307 e. The zero-order valence-corrected chi connectivity index (χ0v) is 21.3. The molecule has 0 amide bonds. The average Bonchev–Trinajstić information content (AvgIpc) is 3.24. The number of aliphatic carboxylic acids is 1. The van der Waals surface area contributed by atoms with Crippen molar-refractivity contribution in [2.75, 3.05) is 0 Å². The van der Waals surface area contributed by atoms with E-state index in [1.54, 1.807) is 11.3 Å². The monoisotopic (exact) mass is 547 g/mol. The molecule has 0 saturated heterocycles. The Morgan fingerprint density at radius 2 is 1.47 bits per heavy atom. The normalized spacial score (nSPS) is 11.1. The largest absolute Gasteiger partial charge is 0.481 e. The van der Waals surface area contributed by atoms with E-state index in [9.17, 15) is 9.90 Å². The van der Waals surface area contributed by atoms with E-state index in [1.807, 2.05) is 49.4 Å². The Labute approximate surface area is 214 Å². The van der Waals surface area contributed by atoms with Gasteiger partial charge in [-0.05, 0) is 65.1 Å². The number of carboxylic acids is 1. The van der Waals surface area contributed by atoms with Gasteiger partial charge in [0.1, 0.15) is 5.01 Å². The molecule has 0 radical (unpaired) electrons. The van der Waals surface area contributed by atoms with Gasteiger partial charge >= 0.3 is 5.97 Å². The highest BCUT2D eigenvalue weighted by atomic mass is 79.9. The standard InChI is InChI=1S/C28H19BrClNO2S/c1-16-14-24-27(26(23(16)15-25(32)33)19-8-12-22(30)13-9-19)34-28(31-24)20-4-2-17(3-5-20)18-6-10-21(29)11-7-18/h2-14H,15H2,1H3,(H,32,33). The number of halogens is 2. The third-order valence-corrected chi connectivity index (χ3v) is 7.70. The fourth-order valence-electron chi connectivity index (χ4n) is 4.11. The van der Waals surface area contributed by atoms with Crippen LogP contribution in [0.1, 0.15) is 11.1 Å². The number of fused-ring (bicyclic) bond motifs is 1. The number of hydrogen-bond donors (Lipinski definition) is 1. The quantitative estimate of drug-likeness (QED) is 0.239. The summed E-state index contributed by atoms with van der Waals surface area (Å²) in [5, 5.41) is 11.1. The number of aromatic nitrogens is 1. The highest BCUT2D eigenvalue weighted by molar-refractivity contribution is 9.10. The lowest BCUT2D eigenvalue weighted by molar-refractivity contribution is -0.136. The zero-order chi connectivity index (χ0) is 23.8. The van der Waals surface area contributed by atoms with Crippen LogP contribution < -0.4 is 0 Å². The van der Waals surface area contributed by atoms with Gasteiger partial charge in [-0.1, -0.05) is 76.1 Å². The van der Waals surface area contributed by atoms with Crippen LogP contribution in [-0.2, 0) is 11.2 Å². The summed E-state index contributed by atoms with van der Waals surface area (Å²) < 4.78 is 2.03. The van der Waals surface area contributed by atoms with Crippen molar-refractivity contribution in [1.29, 1.82) is 0 Å². The van der Waals surface area contributed by atoms with Crippen LogP contribution in [0.3, 0.4) is 0 Å². The minimum atomic E-state index is -0.856. The molecule has 0 spiro atoms. The summed E-state index contributed by atoms with van der Waals surface area (Å²) in [4.78, 5) is 16.6. The van der Waals surface area contributed by atoms with E-state index in [4.69, 9.17) is 16.6 Å². The number of rotatable bonds is 5.